The number of piperazine rings is 1. The smallest absolute Gasteiger partial charge is 0.290 e. The Bertz CT molecular complexity index is 1450. The number of hydrogen-bond acceptors (Lipinski definition) is 9. The third-order valence-electron chi connectivity index (χ3n) is 5.76. The second-order valence-corrected chi connectivity index (χ2v) is 9.00. The van der Waals surface area contributed by atoms with E-state index in [0.29, 0.717) is 33.4 Å². The molecule has 0 bridgehead atoms. The van der Waals surface area contributed by atoms with Gasteiger partial charge in [-0.25, -0.2) is 14.5 Å². The minimum absolute atomic E-state index is 0.298. The first-order valence-electron chi connectivity index (χ1n) is 10.5. The van der Waals surface area contributed by atoms with Crippen LogP contribution in [0.4, 0.5) is 10.5 Å². The molecule has 2 aliphatic rings. The Morgan fingerprint density at radius 2 is 1.97 bits per heavy atom. The van der Waals surface area contributed by atoms with E-state index in [2.05, 4.69) is 43.3 Å². The van der Waals surface area contributed by atoms with E-state index in [1.54, 1.807) is 28.9 Å². The lowest BCUT2D eigenvalue weighted by Gasteiger charge is -2.33. The highest BCUT2D eigenvalue weighted by Crippen LogP contribution is 2.29. The number of imide groups is 1. The maximum Gasteiger partial charge on any atom is 0.290 e. The second kappa shape index (κ2) is 7.71. The van der Waals surface area contributed by atoms with Gasteiger partial charge >= 0.3 is 0 Å². The van der Waals surface area contributed by atoms with Gasteiger partial charge in [-0.15, -0.1) is 0 Å². The SMILES string of the molecule is CN1CCN(c2ccc3nc(-c4cnc5ccc(/C=C6\SC(=O)NC6=O)nn45)oc3c2)CC1. The monoisotopic (exact) mass is 461 g/mol. The van der Waals surface area contributed by atoms with Crippen LogP contribution < -0.4 is 10.2 Å². The van der Waals surface area contributed by atoms with E-state index in [1.165, 1.54) is 0 Å². The van der Waals surface area contributed by atoms with Crippen molar-refractivity contribution in [3.05, 3.63) is 47.1 Å². The van der Waals surface area contributed by atoms with Crippen molar-refractivity contribution in [2.24, 2.45) is 0 Å². The van der Waals surface area contributed by atoms with E-state index in [1.807, 2.05) is 12.1 Å². The summed E-state index contributed by atoms with van der Waals surface area (Å²) in [4.78, 5) is 37.3. The van der Waals surface area contributed by atoms with E-state index < -0.39 is 11.1 Å². The Hall–Kier alpha value is -3.70. The average Bonchev–Trinajstić information content (AvgIpc) is 3.49. The summed E-state index contributed by atoms with van der Waals surface area (Å²) in [5.41, 5.74) is 4.31. The van der Waals surface area contributed by atoms with Crippen LogP contribution in [0.3, 0.4) is 0 Å². The summed E-state index contributed by atoms with van der Waals surface area (Å²) in [5, 5.41) is 6.41. The molecular weight excluding hydrogens is 442 g/mol. The molecule has 0 aliphatic carbocycles. The molecule has 10 nitrogen and oxygen atoms in total. The van der Waals surface area contributed by atoms with Crippen LogP contribution in [0, 0.1) is 0 Å². The zero-order valence-electron chi connectivity index (χ0n) is 17.7. The summed E-state index contributed by atoms with van der Waals surface area (Å²) in [6.07, 6.45) is 3.23. The molecule has 3 aromatic heterocycles. The van der Waals surface area contributed by atoms with Crippen LogP contribution in [0.1, 0.15) is 5.69 Å². The lowest BCUT2D eigenvalue weighted by atomic mass is 10.2. The lowest BCUT2D eigenvalue weighted by molar-refractivity contribution is -0.115. The number of nitrogens with zero attached hydrogens (tertiary/aromatic N) is 6. The van der Waals surface area contributed by atoms with Crippen molar-refractivity contribution < 1.29 is 14.0 Å². The minimum atomic E-state index is -0.423. The van der Waals surface area contributed by atoms with Gasteiger partial charge in [-0.05, 0) is 49.2 Å². The quantitative estimate of drug-likeness (QED) is 0.461. The third kappa shape index (κ3) is 3.64. The van der Waals surface area contributed by atoms with Gasteiger partial charge in [0, 0.05) is 37.9 Å². The first-order chi connectivity index (χ1) is 16.0. The number of amides is 2. The number of anilines is 1. The van der Waals surface area contributed by atoms with Gasteiger partial charge in [0.1, 0.15) is 11.2 Å². The number of benzene rings is 1. The predicted octanol–water partition coefficient (Wildman–Crippen LogP) is 2.61. The number of likely N-dealkylation sites (N-methyl/N-ethyl adjacent to an activating group) is 1. The summed E-state index contributed by atoms with van der Waals surface area (Å²) >= 11 is 0.852. The van der Waals surface area contributed by atoms with Gasteiger partial charge in [0.2, 0.25) is 5.89 Å². The molecule has 5 heterocycles. The maximum absolute atomic E-state index is 11.8. The second-order valence-electron chi connectivity index (χ2n) is 7.99. The van der Waals surface area contributed by atoms with Crippen LogP contribution >= 0.6 is 11.8 Å². The van der Waals surface area contributed by atoms with Crippen LogP contribution in [0.15, 0.2) is 45.9 Å². The van der Waals surface area contributed by atoms with Gasteiger partial charge in [0.25, 0.3) is 11.1 Å². The molecule has 2 aliphatic heterocycles. The molecule has 11 heteroatoms. The highest BCUT2D eigenvalue weighted by atomic mass is 32.2. The van der Waals surface area contributed by atoms with Crippen LogP contribution in [0.2, 0.25) is 0 Å². The summed E-state index contributed by atoms with van der Waals surface area (Å²) in [5.74, 6) is -0.0126. The fourth-order valence-electron chi connectivity index (χ4n) is 3.95. The maximum atomic E-state index is 11.8. The molecule has 0 atom stereocenters. The molecule has 2 saturated heterocycles. The van der Waals surface area contributed by atoms with Crippen LogP contribution in [-0.2, 0) is 4.79 Å². The topological polar surface area (TPSA) is 109 Å². The van der Waals surface area contributed by atoms with Crippen molar-refractivity contribution in [2.45, 2.75) is 0 Å². The van der Waals surface area contributed by atoms with Crippen molar-refractivity contribution in [3.63, 3.8) is 0 Å². The van der Waals surface area contributed by atoms with E-state index in [4.69, 9.17) is 4.42 Å². The fraction of sp³-hybridized carbons (Fsp3) is 0.227. The Kier molecular flexibility index (Phi) is 4.66. The Labute approximate surface area is 192 Å². The van der Waals surface area contributed by atoms with Crippen molar-refractivity contribution in [3.8, 4) is 11.6 Å². The van der Waals surface area contributed by atoms with E-state index >= 15 is 0 Å². The molecule has 1 aromatic carbocycles. The summed E-state index contributed by atoms with van der Waals surface area (Å²) in [6, 6.07) is 9.59. The number of aromatic nitrogens is 4. The van der Waals surface area contributed by atoms with Gasteiger partial charge in [0.05, 0.1) is 16.8 Å². The highest BCUT2D eigenvalue weighted by molar-refractivity contribution is 8.18. The van der Waals surface area contributed by atoms with Gasteiger partial charge in [-0.1, -0.05) is 0 Å². The molecule has 0 saturated carbocycles. The summed E-state index contributed by atoms with van der Waals surface area (Å²) in [6.45, 7) is 4.00. The Morgan fingerprint density at radius 3 is 2.76 bits per heavy atom. The highest BCUT2D eigenvalue weighted by Gasteiger charge is 2.25. The zero-order chi connectivity index (χ0) is 22.5. The third-order valence-corrected chi connectivity index (χ3v) is 6.57. The zero-order valence-corrected chi connectivity index (χ0v) is 18.5. The molecule has 0 radical (unpaired) electrons. The lowest BCUT2D eigenvalue weighted by Crippen LogP contribution is -2.44. The Balaban J connectivity index is 1.35. The molecule has 6 rings (SSSR count). The fourth-order valence-corrected chi connectivity index (χ4v) is 4.62. The molecule has 0 spiro atoms. The van der Waals surface area contributed by atoms with Crippen LogP contribution in [0.5, 0.6) is 0 Å². The summed E-state index contributed by atoms with van der Waals surface area (Å²) < 4.78 is 7.72. The molecule has 33 heavy (non-hydrogen) atoms. The van der Waals surface area contributed by atoms with Crippen LogP contribution in [-0.4, -0.2) is 68.9 Å². The first-order valence-corrected chi connectivity index (χ1v) is 11.3. The number of nitrogens with one attached hydrogen (secondary N) is 1. The number of hydrogen-bond donors (Lipinski definition) is 1. The molecule has 0 unspecified atom stereocenters. The van der Waals surface area contributed by atoms with E-state index in [-0.39, 0.29) is 0 Å². The number of rotatable bonds is 3. The molecular formula is C22H19N7O3S. The number of imidazole rings is 1. The number of carbonyl (C=O) groups is 2. The van der Waals surface area contributed by atoms with Crippen molar-refractivity contribution in [2.75, 3.05) is 38.1 Å². The van der Waals surface area contributed by atoms with Crippen molar-refractivity contribution in [1.82, 2.24) is 29.8 Å². The molecule has 1 N–H and O–H groups in total. The van der Waals surface area contributed by atoms with Gasteiger partial charge in [-0.3, -0.25) is 14.9 Å². The van der Waals surface area contributed by atoms with Crippen molar-refractivity contribution >= 4 is 51.4 Å². The average molecular weight is 462 g/mol. The van der Waals surface area contributed by atoms with Crippen molar-refractivity contribution in [1.29, 1.82) is 0 Å². The molecule has 166 valence electrons. The predicted molar refractivity (Wildman–Crippen MR) is 125 cm³/mol. The minimum Gasteiger partial charge on any atom is -0.435 e. The molecule has 2 fully saturated rings. The Morgan fingerprint density at radius 1 is 1.12 bits per heavy atom. The normalized spacial score (nSPS) is 18.7. The van der Waals surface area contributed by atoms with E-state index in [0.717, 1.165) is 49.1 Å². The molecule has 2 amide bonds. The number of oxazole rings is 1. The number of thioether (sulfide) groups is 1. The number of fused-ring (bicyclic) bond motifs is 2. The van der Waals surface area contributed by atoms with Gasteiger partial charge in [-0.2, -0.15) is 5.10 Å². The largest absolute Gasteiger partial charge is 0.435 e. The van der Waals surface area contributed by atoms with E-state index in [9.17, 15) is 9.59 Å². The summed E-state index contributed by atoms with van der Waals surface area (Å²) in [7, 11) is 2.13. The standard InChI is InChI=1S/C22H19N7O3S/c1-27-6-8-28(9-7-27)14-3-4-15-17(11-14)32-21(24-15)16-12-23-19-5-2-13(26-29(16)19)10-18-20(30)25-22(31)33-18/h2-5,10-12H,6-9H2,1H3,(H,25,30,31)/b18-10-. The first kappa shape index (κ1) is 19.9. The van der Waals surface area contributed by atoms with Crippen LogP contribution in [0.25, 0.3) is 34.4 Å². The number of carbonyl (C=O) groups excluding carboxylic acids is 2. The van der Waals surface area contributed by atoms with Gasteiger partial charge in [0.15, 0.2) is 11.2 Å². The molecule has 4 aromatic rings. The van der Waals surface area contributed by atoms with Gasteiger partial charge < -0.3 is 14.2 Å².